The molecule has 0 aliphatic carbocycles. The molecule has 0 atom stereocenters. The molecular weight excluding hydrogens is 306 g/mol. The number of sulfonamides is 1. The summed E-state index contributed by atoms with van der Waals surface area (Å²) in [6, 6.07) is 3.92. The van der Waals surface area contributed by atoms with Gasteiger partial charge in [0.25, 0.3) is 0 Å². The summed E-state index contributed by atoms with van der Waals surface area (Å²) in [4.78, 5) is 11.0. The molecule has 0 unspecified atom stereocenters. The second-order valence-corrected chi connectivity index (χ2v) is 8.31. The number of nitrogens with zero attached hydrogens (tertiary/aromatic N) is 1. The summed E-state index contributed by atoms with van der Waals surface area (Å²) in [5, 5.41) is 18.1. The maximum Gasteiger partial charge on any atom is 0.335 e. The standard InChI is InChI=1S/C15H23NO5S/c1-11-9-12(14(18)19)5-6-13(11)22(20,21)16(7-8-17)10-15(2,3)4/h5-6,9,17H,7-8,10H2,1-4H3,(H,18,19). The van der Waals surface area contributed by atoms with Crippen LogP contribution in [0.25, 0.3) is 0 Å². The molecule has 0 spiro atoms. The Bertz CT molecular complexity index is 646. The Morgan fingerprint density at radius 3 is 2.27 bits per heavy atom. The van der Waals surface area contributed by atoms with Crippen molar-refractivity contribution in [1.82, 2.24) is 4.31 Å². The average Bonchev–Trinajstić information content (AvgIpc) is 2.36. The molecule has 0 aliphatic heterocycles. The molecule has 1 rings (SSSR count). The normalized spacial score (nSPS) is 12.6. The van der Waals surface area contributed by atoms with Crippen LogP contribution in [0.4, 0.5) is 0 Å². The molecule has 0 saturated carbocycles. The molecule has 2 N–H and O–H groups in total. The van der Waals surface area contributed by atoms with Gasteiger partial charge in [-0.3, -0.25) is 0 Å². The summed E-state index contributed by atoms with van der Waals surface area (Å²) in [6.45, 7) is 7.28. The SMILES string of the molecule is Cc1cc(C(=O)O)ccc1S(=O)(=O)N(CCO)CC(C)(C)C. The average molecular weight is 329 g/mol. The summed E-state index contributed by atoms with van der Waals surface area (Å²) >= 11 is 0. The predicted molar refractivity (Wildman–Crippen MR) is 83.4 cm³/mol. The molecule has 0 saturated heterocycles. The number of aryl methyl sites for hydroxylation is 1. The summed E-state index contributed by atoms with van der Waals surface area (Å²) in [6.07, 6.45) is 0. The molecule has 124 valence electrons. The van der Waals surface area contributed by atoms with E-state index in [0.717, 1.165) is 0 Å². The Labute approximate surface area is 131 Å². The van der Waals surface area contributed by atoms with Gasteiger partial charge in [0.15, 0.2) is 0 Å². The molecule has 7 heteroatoms. The summed E-state index contributed by atoms with van der Waals surface area (Å²) < 4.78 is 26.8. The topological polar surface area (TPSA) is 94.9 Å². The monoisotopic (exact) mass is 329 g/mol. The van der Waals surface area contributed by atoms with Crippen LogP contribution in [0, 0.1) is 12.3 Å². The van der Waals surface area contributed by atoms with Crippen molar-refractivity contribution in [3.05, 3.63) is 29.3 Å². The fourth-order valence-electron chi connectivity index (χ4n) is 2.14. The Morgan fingerprint density at radius 1 is 1.27 bits per heavy atom. The molecule has 6 nitrogen and oxygen atoms in total. The molecule has 0 radical (unpaired) electrons. The number of rotatable bonds is 6. The Balaban J connectivity index is 3.28. The lowest BCUT2D eigenvalue weighted by Gasteiger charge is -2.29. The van der Waals surface area contributed by atoms with Crippen molar-refractivity contribution in [2.45, 2.75) is 32.6 Å². The van der Waals surface area contributed by atoms with E-state index >= 15 is 0 Å². The number of aliphatic hydroxyl groups excluding tert-OH is 1. The molecule has 0 amide bonds. The van der Waals surface area contributed by atoms with Crippen LogP contribution >= 0.6 is 0 Å². The molecule has 0 fully saturated rings. The molecule has 0 aromatic heterocycles. The highest BCUT2D eigenvalue weighted by atomic mass is 32.2. The maximum absolute atomic E-state index is 12.8. The third-order valence-electron chi connectivity index (χ3n) is 3.04. The number of hydrogen-bond acceptors (Lipinski definition) is 4. The number of carboxylic acids is 1. The van der Waals surface area contributed by atoms with Gasteiger partial charge in [-0.25, -0.2) is 13.2 Å². The van der Waals surface area contributed by atoms with Gasteiger partial charge >= 0.3 is 5.97 Å². The van der Waals surface area contributed by atoms with Crippen molar-refractivity contribution in [2.75, 3.05) is 19.7 Å². The zero-order valence-corrected chi connectivity index (χ0v) is 14.1. The third-order valence-corrected chi connectivity index (χ3v) is 5.05. The van der Waals surface area contributed by atoms with Gasteiger partial charge in [0.05, 0.1) is 17.1 Å². The van der Waals surface area contributed by atoms with Crippen LogP contribution in [-0.2, 0) is 10.0 Å². The van der Waals surface area contributed by atoms with E-state index in [1.807, 2.05) is 20.8 Å². The van der Waals surface area contributed by atoms with Crippen molar-refractivity contribution in [3.8, 4) is 0 Å². The largest absolute Gasteiger partial charge is 0.478 e. The number of aliphatic hydroxyl groups is 1. The van der Waals surface area contributed by atoms with Crippen LogP contribution in [0.15, 0.2) is 23.1 Å². The first-order valence-electron chi connectivity index (χ1n) is 6.94. The number of carbonyl (C=O) groups is 1. The lowest BCUT2D eigenvalue weighted by atomic mass is 9.97. The number of aromatic carboxylic acids is 1. The van der Waals surface area contributed by atoms with Gasteiger partial charge in [0, 0.05) is 13.1 Å². The van der Waals surface area contributed by atoms with Crippen LogP contribution in [0.1, 0.15) is 36.7 Å². The molecule has 0 heterocycles. The molecule has 0 aliphatic rings. The molecule has 1 aromatic carbocycles. The van der Waals surface area contributed by atoms with Crippen molar-refractivity contribution in [2.24, 2.45) is 5.41 Å². The quantitative estimate of drug-likeness (QED) is 0.828. The lowest BCUT2D eigenvalue weighted by Crippen LogP contribution is -2.39. The lowest BCUT2D eigenvalue weighted by molar-refractivity contribution is 0.0696. The fourth-order valence-corrected chi connectivity index (χ4v) is 4.00. The first-order valence-corrected chi connectivity index (χ1v) is 8.38. The minimum absolute atomic E-state index is 0.000273. The number of hydrogen-bond donors (Lipinski definition) is 2. The van der Waals surface area contributed by atoms with Crippen LogP contribution in [-0.4, -0.2) is 48.6 Å². The molecule has 1 aromatic rings. The number of carboxylic acid groups (broad SMARTS) is 1. The minimum Gasteiger partial charge on any atom is -0.478 e. The van der Waals surface area contributed by atoms with E-state index in [-0.39, 0.29) is 35.6 Å². The third kappa shape index (κ3) is 4.53. The van der Waals surface area contributed by atoms with E-state index in [0.29, 0.717) is 5.56 Å². The molecular formula is C15H23NO5S. The second-order valence-electron chi connectivity index (χ2n) is 6.41. The Morgan fingerprint density at radius 2 is 1.86 bits per heavy atom. The summed E-state index contributed by atoms with van der Waals surface area (Å²) in [5.74, 6) is -1.10. The van der Waals surface area contributed by atoms with E-state index in [2.05, 4.69) is 0 Å². The van der Waals surface area contributed by atoms with Crippen LogP contribution in [0.5, 0.6) is 0 Å². The van der Waals surface area contributed by atoms with Crippen molar-refractivity contribution in [3.63, 3.8) is 0 Å². The van der Waals surface area contributed by atoms with Crippen molar-refractivity contribution >= 4 is 16.0 Å². The second kappa shape index (κ2) is 6.76. The molecule has 22 heavy (non-hydrogen) atoms. The van der Waals surface area contributed by atoms with E-state index < -0.39 is 16.0 Å². The highest BCUT2D eigenvalue weighted by molar-refractivity contribution is 7.89. The van der Waals surface area contributed by atoms with Gasteiger partial charge in [-0.1, -0.05) is 20.8 Å². The van der Waals surface area contributed by atoms with Crippen LogP contribution < -0.4 is 0 Å². The zero-order valence-electron chi connectivity index (χ0n) is 13.3. The minimum atomic E-state index is -3.79. The van der Waals surface area contributed by atoms with Crippen LogP contribution in [0.3, 0.4) is 0 Å². The van der Waals surface area contributed by atoms with E-state index in [1.54, 1.807) is 6.92 Å². The summed E-state index contributed by atoms with van der Waals surface area (Å²) in [5.41, 5.74) is 0.148. The Hall–Kier alpha value is -1.44. The van der Waals surface area contributed by atoms with E-state index in [9.17, 15) is 13.2 Å². The highest BCUT2D eigenvalue weighted by Gasteiger charge is 2.29. The van der Waals surface area contributed by atoms with E-state index in [1.165, 1.54) is 22.5 Å². The predicted octanol–water partition coefficient (Wildman–Crippen LogP) is 1.72. The first kappa shape index (κ1) is 18.6. The van der Waals surface area contributed by atoms with Crippen molar-refractivity contribution < 1.29 is 23.4 Å². The van der Waals surface area contributed by atoms with Gasteiger partial charge in [-0.05, 0) is 36.1 Å². The van der Waals surface area contributed by atoms with Gasteiger partial charge in [-0.15, -0.1) is 0 Å². The van der Waals surface area contributed by atoms with Gasteiger partial charge in [-0.2, -0.15) is 4.31 Å². The van der Waals surface area contributed by atoms with Crippen molar-refractivity contribution in [1.29, 1.82) is 0 Å². The van der Waals surface area contributed by atoms with Gasteiger partial charge in [0.2, 0.25) is 10.0 Å². The highest BCUT2D eigenvalue weighted by Crippen LogP contribution is 2.25. The Kier molecular flexibility index (Phi) is 5.72. The number of benzene rings is 1. The zero-order chi connectivity index (χ0) is 17.1. The molecule has 0 bridgehead atoms. The smallest absolute Gasteiger partial charge is 0.335 e. The van der Waals surface area contributed by atoms with Gasteiger partial charge in [0.1, 0.15) is 0 Å². The first-order chi connectivity index (χ1) is 9.99. The fraction of sp³-hybridized carbons (Fsp3) is 0.533. The van der Waals surface area contributed by atoms with Gasteiger partial charge < -0.3 is 10.2 Å². The maximum atomic E-state index is 12.8. The van der Waals surface area contributed by atoms with E-state index in [4.69, 9.17) is 10.2 Å². The summed E-state index contributed by atoms with van der Waals surface area (Å²) in [7, 11) is -3.79. The van der Waals surface area contributed by atoms with Crippen LogP contribution in [0.2, 0.25) is 0 Å².